The fourth-order valence-electron chi connectivity index (χ4n) is 2.00. The lowest BCUT2D eigenvalue weighted by Crippen LogP contribution is -2.17. The molecule has 0 bridgehead atoms. The first-order valence-electron chi connectivity index (χ1n) is 6.00. The molecule has 0 amide bonds. The van der Waals surface area contributed by atoms with E-state index in [4.69, 9.17) is 4.74 Å². The molecular weight excluding hydrogens is 390 g/mol. The molecule has 19 heavy (non-hydrogen) atoms. The first-order chi connectivity index (χ1) is 9.15. The average molecular weight is 405 g/mol. The zero-order valence-corrected chi connectivity index (χ0v) is 14.7. The predicted octanol–water partition coefficient (Wildman–Crippen LogP) is 4.98. The van der Waals surface area contributed by atoms with Crippen LogP contribution in [-0.2, 0) is 0 Å². The van der Waals surface area contributed by atoms with E-state index in [0.29, 0.717) is 6.61 Å². The van der Waals surface area contributed by atoms with E-state index in [0.717, 1.165) is 13.3 Å². The summed E-state index contributed by atoms with van der Waals surface area (Å²) in [7, 11) is 1.97. The Kier molecular flexibility index (Phi) is 5.45. The van der Waals surface area contributed by atoms with E-state index in [1.165, 1.54) is 11.1 Å². The highest BCUT2D eigenvalue weighted by Gasteiger charge is 2.18. The maximum atomic E-state index is 5.57. The molecule has 102 valence electrons. The monoisotopic (exact) mass is 403 g/mol. The molecule has 1 unspecified atom stereocenters. The Morgan fingerprint density at radius 1 is 1.32 bits per heavy atom. The minimum absolute atomic E-state index is 0.150. The second kappa shape index (κ2) is 6.88. The highest BCUT2D eigenvalue weighted by Crippen LogP contribution is 2.38. The van der Waals surface area contributed by atoms with E-state index in [-0.39, 0.29) is 6.04 Å². The van der Waals surface area contributed by atoms with Crippen LogP contribution in [0.3, 0.4) is 0 Å². The second-order valence-electron chi connectivity index (χ2n) is 4.01. The van der Waals surface area contributed by atoms with Gasteiger partial charge in [-0.3, -0.25) is 0 Å². The Bertz CT molecular complexity index is 556. The number of thiophene rings is 1. The third-order valence-electron chi connectivity index (χ3n) is 2.79. The molecule has 0 fully saturated rings. The van der Waals surface area contributed by atoms with E-state index in [2.05, 4.69) is 55.4 Å². The summed E-state index contributed by atoms with van der Waals surface area (Å²) in [5.41, 5.74) is 2.42. The first-order valence-corrected chi connectivity index (χ1v) is 8.40. The van der Waals surface area contributed by atoms with Crippen LogP contribution in [0.15, 0.2) is 37.9 Å². The lowest BCUT2D eigenvalue weighted by Gasteiger charge is -2.17. The van der Waals surface area contributed by atoms with E-state index in [1.807, 2.05) is 26.1 Å². The van der Waals surface area contributed by atoms with Crippen LogP contribution in [0, 0.1) is 0 Å². The minimum atomic E-state index is 0.150. The number of halogens is 2. The van der Waals surface area contributed by atoms with Crippen molar-refractivity contribution in [2.75, 3.05) is 13.7 Å². The summed E-state index contributed by atoms with van der Waals surface area (Å²) >= 11 is 8.83. The molecule has 1 atom stereocenters. The van der Waals surface area contributed by atoms with Gasteiger partial charge in [0.05, 0.1) is 20.2 Å². The second-order valence-corrected chi connectivity index (χ2v) is 7.76. The van der Waals surface area contributed by atoms with Gasteiger partial charge in [0.1, 0.15) is 5.75 Å². The van der Waals surface area contributed by atoms with E-state index in [9.17, 15) is 0 Å². The predicted molar refractivity (Wildman–Crippen MR) is 88.2 cm³/mol. The molecule has 0 aliphatic heterocycles. The lowest BCUT2D eigenvalue weighted by atomic mass is 10.0. The van der Waals surface area contributed by atoms with Crippen molar-refractivity contribution in [1.82, 2.24) is 5.32 Å². The molecule has 2 aromatic rings. The minimum Gasteiger partial charge on any atom is -0.494 e. The van der Waals surface area contributed by atoms with Gasteiger partial charge >= 0.3 is 0 Å². The Labute approximate surface area is 134 Å². The number of nitrogens with one attached hydrogen (secondary N) is 1. The van der Waals surface area contributed by atoms with Crippen LogP contribution in [0.25, 0.3) is 0 Å². The van der Waals surface area contributed by atoms with Crippen molar-refractivity contribution in [3.05, 3.63) is 49.0 Å². The van der Waals surface area contributed by atoms with Gasteiger partial charge in [-0.15, -0.1) is 11.3 Å². The Balaban J connectivity index is 2.36. The van der Waals surface area contributed by atoms with Gasteiger partial charge in [-0.1, -0.05) is 12.1 Å². The van der Waals surface area contributed by atoms with Crippen LogP contribution < -0.4 is 10.1 Å². The van der Waals surface area contributed by atoms with Crippen molar-refractivity contribution in [3.8, 4) is 5.75 Å². The molecule has 0 radical (unpaired) electrons. The average Bonchev–Trinajstić information content (AvgIpc) is 2.71. The Morgan fingerprint density at radius 3 is 2.68 bits per heavy atom. The van der Waals surface area contributed by atoms with Crippen LogP contribution in [0.4, 0.5) is 0 Å². The molecule has 0 aliphatic carbocycles. The largest absolute Gasteiger partial charge is 0.494 e. The van der Waals surface area contributed by atoms with Gasteiger partial charge in [-0.2, -0.15) is 0 Å². The topological polar surface area (TPSA) is 21.3 Å². The smallest absolute Gasteiger partial charge is 0.119 e. The quantitative estimate of drug-likeness (QED) is 0.758. The lowest BCUT2D eigenvalue weighted by molar-refractivity contribution is 0.339. The summed E-state index contributed by atoms with van der Waals surface area (Å²) < 4.78 is 7.83. The number of hydrogen-bond donors (Lipinski definition) is 1. The fraction of sp³-hybridized carbons (Fsp3) is 0.286. The first kappa shape index (κ1) is 15.0. The summed E-state index contributed by atoms with van der Waals surface area (Å²) in [5.74, 6) is 0.908. The number of rotatable bonds is 5. The zero-order valence-electron chi connectivity index (χ0n) is 10.7. The molecule has 1 aromatic carbocycles. The molecule has 2 rings (SSSR count). The standard InChI is InChI=1S/C14H15Br2NOS/c1-3-18-10-6-4-5-9(7-10)13(17-2)11-8-12(15)19-14(11)16/h4-8,13,17H,3H2,1-2H3. The highest BCUT2D eigenvalue weighted by molar-refractivity contribution is 9.12. The SMILES string of the molecule is CCOc1cccc(C(NC)c2cc(Br)sc2Br)c1. The number of hydrogen-bond acceptors (Lipinski definition) is 3. The molecule has 0 saturated carbocycles. The number of ether oxygens (including phenoxy) is 1. The zero-order chi connectivity index (χ0) is 13.8. The molecule has 0 spiro atoms. The van der Waals surface area contributed by atoms with Crippen LogP contribution in [0.2, 0.25) is 0 Å². The Hall–Kier alpha value is -0.360. The molecule has 0 saturated heterocycles. The van der Waals surface area contributed by atoms with Crippen LogP contribution in [0.5, 0.6) is 5.75 Å². The van der Waals surface area contributed by atoms with Gasteiger partial charge in [0.15, 0.2) is 0 Å². The molecule has 2 nitrogen and oxygen atoms in total. The van der Waals surface area contributed by atoms with Crippen LogP contribution in [0.1, 0.15) is 24.1 Å². The summed E-state index contributed by atoms with van der Waals surface area (Å²) in [5, 5.41) is 3.36. The van der Waals surface area contributed by atoms with E-state index in [1.54, 1.807) is 11.3 Å². The molecule has 1 aromatic heterocycles. The molecule has 5 heteroatoms. The van der Waals surface area contributed by atoms with Crippen molar-refractivity contribution in [2.24, 2.45) is 0 Å². The third-order valence-corrected chi connectivity index (χ3v) is 5.17. The normalized spacial score (nSPS) is 12.4. The summed E-state index contributed by atoms with van der Waals surface area (Å²) in [6, 6.07) is 10.5. The molecular formula is C14H15Br2NOS. The van der Waals surface area contributed by atoms with Crippen LogP contribution in [-0.4, -0.2) is 13.7 Å². The van der Waals surface area contributed by atoms with Gasteiger partial charge in [-0.25, -0.2) is 0 Å². The van der Waals surface area contributed by atoms with Crippen molar-refractivity contribution < 1.29 is 4.74 Å². The maximum Gasteiger partial charge on any atom is 0.119 e. The van der Waals surface area contributed by atoms with Crippen molar-refractivity contribution >= 4 is 43.2 Å². The highest BCUT2D eigenvalue weighted by atomic mass is 79.9. The van der Waals surface area contributed by atoms with Crippen molar-refractivity contribution in [2.45, 2.75) is 13.0 Å². The maximum absolute atomic E-state index is 5.57. The summed E-state index contributed by atoms with van der Waals surface area (Å²) in [4.78, 5) is 0. The van der Waals surface area contributed by atoms with Crippen LogP contribution >= 0.6 is 43.2 Å². The molecule has 0 aliphatic rings. The van der Waals surface area contributed by atoms with Gasteiger partial charge in [0.2, 0.25) is 0 Å². The van der Waals surface area contributed by atoms with Gasteiger partial charge in [-0.05, 0) is 75.2 Å². The summed E-state index contributed by atoms with van der Waals surface area (Å²) in [6.07, 6.45) is 0. The van der Waals surface area contributed by atoms with Gasteiger partial charge in [0.25, 0.3) is 0 Å². The van der Waals surface area contributed by atoms with Gasteiger partial charge < -0.3 is 10.1 Å². The number of benzene rings is 1. The van der Waals surface area contributed by atoms with E-state index < -0.39 is 0 Å². The summed E-state index contributed by atoms with van der Waals surface area (Å²) in [6.45, 7) is 2.68. The molecule has 1 heterocycles. The van der Waals surface area contributed by atoms with Gasteiger partial charge in [0, 0.05) is 0 Å². The molecule has 1 N–H and O–H groups in total. The Morgan fingerprint density at radius 2 is 2.11 bits per heavy atom. The fourth-order valence-corrected chi connectivity index (χ4v) is 4.90. The van der Waals surface area contributed by atoms with Crippen molar-refractivity contribution in [1.29, 1.82) is 0 Å². The third kappa shape index (κ3) is 3.60. The van der Waals surface area contributed by atoms with E-state index >= 15 is 0 Å². The van der Waals surface area contributed by atoms with Crippen molar-refractivity contribution in [3.63, 3.8) is 0 Å².